The van der Waals surface area contributed by atoms with Crippen molar-refractivity contribution in [1.29, 1.82) is 0 Å². The number of aliphatic hydroxyl groups is 7. The van der Waals surface area contributed by atoms with E-state index in [4.69, 9.17) is 9.47 Å². The molecule has 1 saturated heterocycles. The van der Waals surface area contributed by atoms with Gasteiger partial charge in [-0.2, -0.15) is 0 Å². The van der Waals surface area contributed by atoms with Crippen LogP contribution in [0.15, 0.2) is 48.6 Å². The molecule has 8 N–H and O–H groups in total. The largest absolute Gasteiger partial charge is 0.394 e. The first-order valence-corrected chi connectivity index (χ1v) is 36.5. The van der Waals surface area contributed by atoms with Gasteiger partial charge in [0, 0.05) is 0 Å². The maximum absolute atomic E-state index is 13.2. The molecule has 11 heteroatoms. The van der Waals surface area contributed by atoms with Gasteiger partial charge >= 0.3 is 0 Å². The Balaban J connectivity index is 2.15. The summed E-state index contributed by atoms with van der Waals surface area (Å²) in [5, 5.41) is 76.4. The first kappa shape index (κ1) is 81.1. The zero-order valence-electron chi connectivity index (χ0n) is 55.4. The van der Waals surface area contributed by atoms with E-state index in [1.54, 1.807) is 0 Å². The van der Waals surface area contributed by atoms with Crippen molar-refractivity contribution in [3.8, 4) is 0 Å². The molecule has 11 nitrogen and oxygen atoms in total. The van der Waals surface area contributed by atoms with Gasteiger partial charge in [-0.05, 0) is 83.5 Å². The summed E-state index contributed by atoms with van der Waals surface area (Å²) in [4.78, 5) is 13.2. The van der Waals surface area contributed by atoms with Crippen LogP contribution in [0.2, 0.25) is 0 Å². The molecule has 0 radical (unpaired) electrons. The summed E-state index contributed by atoms with van der Waals surface area (Å²) in [6.45, 7) is 3.48. The first-order valence-electron chi connectivity index (χ1n) is 36.5. The molecular formula is C74H139NO10. The highest BCUT2D eigenvalue weighted by Gasteiger charge is 2.44. The Kier molecular flexibility index (Phi) is 59.4. The molecule has 1 fully saturated rings. The number of nitrogens with one attached hydrogen (secondary N) is 1. The molecule has 1 rings (SSSR count). The fraction of sp³-hybridized carbons (Fsp3) is 0.878. The van der Waals surface area contributed by atoms with Crippen molar-refractivity contribution >= 4 is 5.91 Å². The smallest absolute Gasteiger partial charge is 0.249 e. The summed E-state index contributed by atoms with van der Waals surface area (Å²) in [7, 11) is 0. The molecule has 0 aromatic heterocycles. The van der Waals surface area contributed by atoms with E-state index in [0.717, 1.165) is 44.9 Å². The third-order valence-corrected chi connectivity index (χ3v) is 17.6. The van der Waals surface area contributed by atoms with Crippen LogP contribution in [0.4, 0.5) is 0 Å². The third kappa shape index (κ3) is 49.5. The summed E-state index contributed by atoms with van der Waals surface area (Å²) in [6, 6.07) is -1.19. The molecule has 85 heavy (non-hydrogen) atoms. The average Bonchev–Trinajstić information content (AvgIpc) is 3.67. The zero-order chi connectivity index (χ0) is 61.7. The molecule has 1 heterocycles. The first-order chi connectivity index (χ1) is 41.7. The second-order valence-electron chi connectivity index (χ2n) is 25.6. The lowest BCUT2D eigenvalue weighted by Gasteiger charge is -2.40. The average molecular weight is 1200 g/mol. The van der Waals surface area contributed by atoms with Gasteiger partial charge in [0.25, 0.3) is 0 Å². The van der Waals surface area contributed by atoms with E-state index in [0.29, 0.717) is 19.3 Å². The zero-order valence-corrected chi connectivity index (χ0v) is 55.4. The van der Waals surface area contributed by atoms with E-state index in [2.05, 4.69) is 67.8 Å². The summed E-state index contributed by atoms with van der Waals surface area (Å²) in [5.74, 6) is -0.707. The van der Waals surface area contributed by atoms with Gasteiger partial charge in [-0.15, -0.1) is 0 Å². The molecule has 0 aromatic carbocycles. The molecule has 0 bridgehead atoms. The van der Waals surface area contributed by atoms with E-state index in [1.807, 2.05) is 0 Å². The fourth-order valence-corrected chi connectivity index (χ4v) is 11.7. The minimum atomic E-state index is -1.67. The number of hydrogen-bond donors (Lipinski definition) is 8. The van der Waals surface area contributed by atoms with E-state index < -0.39 is 74.2 Å². The number of carbonyl (C=O) groups is 1. The Labute approximate surface area is 523 Å². The lowest BCUT2D eigenvalue weighted by atomic mass is 9.98. The number of amides is 1. The normalized spacial score (nSPS) is 19.1. The Morgan fingerprint density at radius 3 is 1.12 bits per heavy atom. The molecule has 0 saturated carbocycles. The molecule has 9 unspecified atom stereocenters. The molecule has 0 spiro atoms. The molecule has 9 atom stereocenters. The van der Waals surface area contributed by atoms with E-state index in [9.17, 15) is 40.5 Å². The molecular weight excluding hydrogens is 1060 g/mol. The quantitative estimate of drug-likeness (QED) is 0.0215. The van der Waals surface area contributed by atoms with Crippen LogP contribution in [0, 0.1) is 0 Å². The van der Waals surface area contributed by atoms with Gasteiger partial charge in [0.15, 0.2) is 6.29 Å². The summed E-state index contributed by atoms with van der Waals surface area (Å²) < 4.78 is 11.2. The Hall–Kier alpha value is -1.93. The van der Waals surface area contributed by atoms with Crippen LogP contribution in [0.3, 0.4) is 0 Å². The monoisotopic (exact) mass is 1200 g/mol. The highest BCUT2D eigenvalue weighted by Crippen LogP contribution is 2.24. The second-order valence-corrected chi connectivity index (χ2v) is 25.6. The van der Waals surface area contributed by atoms with Crippen molar-refractivity contribution in [2.45, 2.75) is 403 Å². The minimum absolute atomic E-state index is 0.247. The lowest BCUT2D eigenvalue weighted by molar-refractivity contribution is -0.303. The van der Waals surface area contributed by atoms with Gasteiger partial charge in [0.05, 0.1) is 25.4 Å². The molecule has 1 amide bonds. The van der Waals surface area contributed by atoms with Gasteiger partial charge in [0.1, 0.15) is 36.6 Å². The number of rotatable bonds is 64. The van der Waals surface area contributed by atoms with Crippen LogP contribution in [0.1, 0.15) is 348 Å². The summed E-state index contributed by atoms with van der Waals surface area (Å²) in [5.41, 5.74) is 0. The van der Waals surface area contributed by atoms with Crippen molar-refractivity contribution < 1.29 is 50.0 Å². The van der Waals surface area contributed by atoms with E-state index in [-0.39, 0.29) is 12.8 Å². The van der Waals surface area contributed by atoms with Crippen molar-refractivity contribution in [2.24, 2.45) is 0 Å². The SMILES string of the molecule is CCCCCCCCCCCCC/C=C/CC/C=C/CCCC(O)C(O)C(COC1OC(CO)C(O)C(O)C1O)NC(=O)C(O)CCCCCCCCCCCCCCCCCC/C=C\C/C=C\CCCCCCCCCCCCCCCCC. The van der Waals surface area contributed by atoms with Crippen molar-refractivity contribution in [3.63, 3.8) is 0 Å². The van der Waals surface area contributed by atoms with Gasteiger partial charge in [-0.1, -0.05) is 313 Å². The van der Waals surface area contributed by atoms with Gasteiger partial charge < -0.3 is 50.5 Å². The molecule has 0 aliphatic carbocycles. The van der Waals surface area contributed by atoms with E-state index in [1.165, 1.54) is 257 Å². The van der Waals surface area contributed by atoms with Crippen LogP contribution >= 0.6 is 0 Å². The molecule has 1 aliphatic rings. The number of hydrogen-bond acceptors (Lipinski definition) is 10. The highest BCUT2D eigenvalue weighted by atomic mass is 16.7. The van der Waals surface area contributed by atoms with Gasteiger partial charge in [0.2, 0.25) is 5.91 Å². The van der Waals surface area contributed by atoms with E-state index >= 15 is 0 Å². The number of carbonyl (C=O) groups excluding carboxylic acids is 1. The van der Waals surface area contributed by atoms with Gasteiger partial charge in [-0.25, -0.2) is 0 Å². The molecule has 0 aromatic rings. The number of unbranched alkanes of at least 4 members (excludes halogenated alkanes) is 44. The second kappa shape index (κ2) is 62.3. The Morgan fingerprint density at radius 2 is 0.741 bits per heavy atom. The Morgan fingerprint density at radius 1 is 0.412 bits per heavy atom. The predicted molar refractivity (Wildman–Crippen MR) is 358 cm³/mol. The van der Waals surface area contributed by atoms with Crippen LogP contribution < -0.4 is 5.32 Å². The number of ether oxygens (including phenoxy) is 2. The molecule has 500 valence electrons. The maximum Gasteiger partial charge on any atom is 0.249 e. The maximum atomic E-state index is 13.2. The summed E-state index contributed by atoms with van der Waals surface area (Å²) in [6.07, 6.45) is 70.7. The van der Waals surface area contributed by atoms with Crippen molar-refractivity contribution in [2.75, 3.05) is 13.2 Å². The standard InChI is InChI=1S/C74H139NO10/c1-3-5-7-9-11-13-15-17-19-21-23-25-26-27-28-29-30-31-32-33-34-35-36-37-38-39-40-41-42-44-46-48-50-52-54-56-58-60-62-67(78)73(83)75-65(64-84-74-72(82)71(81)70(80)68(63-76)85-74)69(79)66(77)61-59-57-55-53-51-49-47-45-43-24-22-20-18-16-14-12-10-8-6-4-2/h30-31,33-34,45,47,53,55,65-72,74,76-82H,3-29,32,35-44,46,48-52,54,56-64H2,1-2H3,(H,75,83)/b31-30-,34-33-,47-45+,55-53+. The topological polar surface area (TPSA) is 189 Å². The third-order valence-electron chi connectivity index (χ3n) is 17.6. The Bertz CT molecular complexity index is 1520. The van der Waals surface area contributed by atoms with Crippen LogP contribution in [0.25, 0.3) is 0 Å². The predicted octanol–water partition coefficient (Wildman–Crippen LogP) is 17.9. The van der Waals surface area contributed by atoms with Gasteiger partial charge in [-0.3, -0.25) is 4.79 Å². The van der Waals surface area contributed by atoms with Crippen LogP contribution in [0.5, 0.6) is 0 Å². The fourth-order valence-electron chi connectivity index (χ4n) is 11.7. The number of allylic oxidation sites excluding steroid dienone is 8. The van der Waals surface area contributed by atoms with Crippen LogP contribution in [-0.4, -0.2) is 110 Å². The lowest BCUT2D eigenvalue weighted by Crippen LogP contribution is -2.60. The molecule has 1 aliphatic heterocycles. The minimum Gasteiger partial charge on any atom is -0.394 e. The summed E-state index contributed by atoms with van der Waals surface area (Å²) >= 11 is 0. The van der Waals surface area contributed by atoms with Crippen LogP contribution in [-0.2, 0) is 14.3 Å². The van der Waals surface area contributed by atoms with Crippen molar-refractivity contribution in [1.82, 2.24) is 5.32 Å². The highest BCUT2D eigenvalue weighted by molar-refractivity contribution is 5.80. The number of aliphatic hydroxyl groups excluding tert-OH is 7. The van der Waals surface area contributed by atoms with Crippen molar-refractivity contribution in [3.05, 3.63) is 48.6 Å².